The molecular weight excluding hydrogens is 348 g/mol. The molecule has 0 unspecified atom stereocenters. The van der Waals surface area contributed by atoms with Crippen molar-refractivity contribution in [3.05, 3.63) is 64.0 Å². The summed E-state index contributed by atoms with van der Waals surface area (Å²) < 4.78 is 3.33. The molecule has 0 aliphatic rings. The number of para-hydroxylation sites is 1. The molecule has 0 aliphatic heterocycles. The molecule has 0 radical (unpaired) electrons. The quantitative estimate of drug-likeness (QED) is 0.669. The number of nitrogens with zero attached hydrogens (tertiary/aromatic N) is 2. The van der Waals surface area contributed by atoms with Crippen LogP contribution in [0.1, 0.15) is 16.7 Å². The minimum absolute atomic E-state index is 0.0901. The summed E-state index contributed by atoms with van der Waals surface area (Å²) in [4.78, 5) is 17.7. The Kier molecular flexibility index (Phi) is 5.76. The van der Waals surface area contributed by atoms with Crippen molar-refractivity contribution >= 4 is 39.2 Å². The molecule has 3 rings (SSSR count). The largest absolute Gasteiger partial charge is 0.316 e. The molecule has 1 aromatic heterocycles. The smallest absolute Gasteiger partial charge is 0.252 e. The second-order valence-corrected chi connectivity index (χ2v) is 8.09. The van der Waals surface area contributed by atoms with Crippen molar-refractivity contribution in [3.63, 3.8) is 0 Å². The van der Waals surface area contributed by atoms with Gasteiger partial charge in [-0.2, -0.15) is 16.8 Å². The van der Waals surface area contributed by atoms with Crippen molar-refractivity contribution in [3.8, 4) is 0 Å². The molecule has 3 aromatic rings. The summed E-state index contributed by atoms with van der Waals surface area (Å²) in [5.74, 6) is 0.909. The van der Waals surface area contributed by atoms with Crippen LogP contribution in [-0.2, 0) is 17.8 Å². The van der Waals surface area contributed by atoms with E-state index in [0.717, 1.165) is 28.2 Å². The summed E-state index contributed by atoms with van der Waals surface area (Å²) in [7, 11) is 0. The molecule has 0 aliphatic carbocycles. The Labute approximate surface area is 156 Å². The van der Waals surface area contributed by atoms with Crippen molar-refractivity contribution in [2.45, 2.75) is 26.8 Å². The molecule has 0 spiro atoms. The molecule has 5 heteroatoms. The zero-order chi connectivity index (χ0) is 17.8. The van der Waals surface area contributed by atoms with Crippen molar-refractivity contribution in [2.75, 3.05) is 12.0 Å². The van der Waals surface area contributed by atoms with Crippen LogP contribution in [0.2, 0.25) is 0 Å². The van der Waals surface area contributed by atoms with E-state index in [-0.39, 0.29) is 5.91 Å². The number of aryl methyl sites for hydroxylation is 3. The average molecular weight is 371 g/mol. The van der Waals surface area contributed by atoms with Crippen molar-refractivity contribution in [1.82, 2.24) is 4.57 Å². The normalized spacial score (nSPS) is 12.0. The van der Waals surface area contributed by atoms with Gasteiger partial charge in [0.1, 0.15) is 0 Å². The fourth-order valence-electron chi connectivity index (χ4n) is 2.74. The van der Waals surface area contributed by atoms with Crippen LogP contribution >= 0.6 is 23.1 Å². The van der Waals surface area contributed by atoms with Crippen LogP contribution in [0.3, 0.4) is 0 Å². The summed E-state index contributed by atoms with van der Waals surface area (Å²) in [6.45, 7) is 5.01. The van der Waals surface area contributed by atoms with Gasteiger partial charge in [-0.15, -0.1) is 0 Å². The number of benzene rings is 2. The third-order valence-electron chi connectivity index (χ3n) is 4.25. The van der Waals surface area contributed by atoms with E-state index in [1.807, 2.05) is 18.2 Å². The van der Waals surface area contributed by atoms with E-state index in [9.17, 15) is 4.79 Å². The molecule has 0 fully saturated rings. The Bertz CT molecular complexity index is 969. The highest BCUT2D eigenvalue weighted by molar-refractivity contribution is 7.98. The topological polar surface area (TPSA) is 34.4 Å². The van der Waals surface area contributed by atoms with Gasteiger partial charge in [-0.05, 0) is 48.9 Å². The molecule has 25 heavy (non-hydrogen) atoms. The monoisotopic (exact) mass is 370 g/mol. The second kappa shape index (κ2) is 8.02. The summed E-state index contributed by atoms with van der Waals surface area (Å²) in [5.41, 5.74) is 4.63. The molecule has 2 aromatic carbocycles. The minimum Gasteiger partial charge on any atom is -0.316 e. The van der Waals surface area contributed by atoms with E-state index in [0.29, 0.717) is 6.42 Å². The molecule has 1 heterocycles. The van der Waals surface area contributed by atoms with Crippen LogP contribution in [0.25, 0.3) is 10.2 Å². The van der Waals surface area contributed by atoms with Gasteiger partial charge < -0.3 is 4.57 Å². The van der Waals surface area contributed by atoms with Gasteiger partial charge in [0.25, 0.3) is 5.91 Å². The average Bonchev–Trinajstić information content (AvgIpc) is 2.93. The minimum atomic E-state index is -0.0901. The Balaban J connectivity index is 1.93. The predicted molar refractivity (Wildman–Crippen MR) is 108 cm³/mol. The zero-order valence-electron chi connectivity index (χ0n) is 14.8. The summed E-state index contributed by atoms with van der Waals surface area (Å²) in [6, 6.07) is 14.4. The molecule has 1 amide bonds. The van der Waals surface area contributed by atoms with Crippen LogP contribution in [-0.4, -0.2) is 22.5 Å². The Hall–Kier alpha value is -1.85. The lowest BCUT2D eigenvalue weighted by Crippen LogP contribution is -2.18. The van der Waals surface area contributed by atoms with E-state index < -0.39 is 0 Å². The lowest BCUT2D eigenvalue weighted by molar-refractivity contribution is -0.117. The van der Waals surface area contributed by atoms with Gasteiger partial charge in [-0.3, -0.25) is 4.79 Å². The molecule has 3 nitrogen and oxygen atoms in total. The fraction of sp³-hybridized carbons (Fsp3) is 0.300. The van der Waals surface area contributed by atoms with Crippen LogP contribution in [0.15, 0.2) is 47.5 Å². The van der Waals surface area contributed by atoms with E-state index in [1.165, 1.54) is 15.8 Å². The summed E-state index contributed by atoms with van der Waals surface area (Å²) >= 11 is 3.38. The Morgan fingerprint density at radius 3 is 2.72 bits per heavy atom. The van der Waals surface area contributed by atoms with Gasteiger partial charge in [-0.25, -0.2) is 0 Å². The van der Waals surface area contributed by atoms with E-state index in [1.54, 1.807) is 23.1 Å². The highest BCUT2D eigenvalue weighted by atomic mass is 32.2. The maximum atomic E-state index is 12.5. The summed E-state index contributed by atoms with van der Waals surface area (Å²) in [5, 5.41) is 0. The first-order chi connectivity index (χ1) is 12.1. The lowest BCUT2D eigenvalue weighted by atomic mass is 10.0. The van der Waals surface area contributed by atoms with Crippen LogP contribution < -0.4 is 4.80 Å². The van der Waals surface area contributed by atoms with Crippen molar-refractivity contribution < 1.29 is 4.79 Å². The standard InChI is InChI=1S/C20H22N2OS2/c1-14-8-9-16(12-15(14)2)13-19(23)21-20-22(10-11-24-3)17-6-4-5-7-18(17)25-20/h4-9,12H,10-11,13H2,1-3H3. The number of hydrogen-bond donors (Lipinski definition) is 0. The number of fused-ring (bicyclic) bond motifs is 1. The van der Waals surface area contributed by atoms with E-state index in [2.05, 4.69) is 53.9 Å². The SMILES string of the molecule is CSCCn1c(=NC(=O)Cc2ccc(C)c(C)c2)sc2ccccc21. The van der Waals surface area contributed by atoms with Gasteiger partial charge in [0.2, 0.25) is 0 Å². The maximum Gasteiger partial charge on any atom is 0.252 e. The van der Waals surface area contributed by atoms with Crippen molar-refractivity contribution in [1.29, 1.82) is 0 Å². The van der Waals surface area contributed by atoms with E-state index >= 15 is 0 Å². The number of amides is 1. The van der Waals surface area contributed by atoms with Crippen LogP contribution in [0, 0.1) is 13.8 Å². The third kappa shape index (κ3) is 4.22. The molecule has 0 bridgehead atoms. The van der Waals surface area contributed by atoms with Crippen molar-refractivity contribution in [2.24, 2.45) is 4.99 Å². The first kappa shape index (κ1) is 18.0. The van der Waals surface area contributed by atoms with Gasteiger partial charge in [0.05, 0.1) is 16.6 Å². The van der Waals surface area contributed by atoms with Gasteiger partial charge in [0, 0.05) is 12.3 Å². The third-order valence-corrected chi connectivity index (χ3v) is 5.90. The molecule has 0 saturated carbocycles. The highest BCUT2D eigenvalue weighted by Gasteiger charge is 2.08. The maximum absolute atomic E-state index is 12.5. The lowest BCUT2D eigenvalue weighted by Gasteiger charge is -2.04. The number of thiazole rings is 1. The predicted octanol–water partition coefficient (Wildman–Crippen LogP) is 4.35. The molecule has 130 valence electrons. The number of rotatable bonds is 5. The second-order valence-electron chi connectivity index (χ2n) is 6.10. The molecular formula is C20H22N2OS2. The number of aromatic nitrogens is 1. The van der Waals surface area contributed by atoms with Gasteiger partial charge in [0.15, 0.2) is 4.80 Å². The molecule has 0 atom stereocenters. The highest BCUT2D eigenvalue weighted by Crippen LogP contribution is 2.17. The van der Waals surface area contributed by atoms with E-state index in [4.69, 9.17) is 0 Å². The van der Waals surface area contributed by atoms with Gasteiger partial charge in [-0.1, -0.05) is 41.7 Å². The number of carbonyl (C=O) groups excluding carboxylic acids is 1. The first-order valence-corrected chi connectivity index (χ1v) is 10.5. The Morgan fingerprint density at radius 2 is 1.96 bits per heavy atom. The Morgan fingerprint density at radius 1 is 1.16 bits per heavy atom. The molecule has 0 N–H and O–H groups in total. The number of thioether (sulfide) groups is 1. The zero-order valence-corrected chi connectivity index (χ0v) is 16.4. The summed E-state index contributed by atoms with van der Waals surface area (Å²) in [6.07, 6.45) is 2.44. The van der Waals surface area contributed by atoms with Gasteiger partial charge >= 0.3 is 0 Å². The number of hydrogen-bond acceptors (Lipinski definition) is 3. The molecule has 0 saturated heterocycles. The fourth-order valence-corrected chi connectivity index (χ4v) is 4.18. The van der Waals surface area contributed by atoms with Crippen LogP contribution in [0.5, 0.6) is 0 Å². The first-order valence-electron chi connectivity index (χ1n) is 8.29. The number of carbonyl (C=O) groups is 1. The van der Waals surface area contributed by atoms with Crippen LogP contribution in [0.4, 0.5) is 0 Å².